The Hall–Kier alpha value is -4.76. The van der Waals surface area contributed by atoms with Gasteiger partial charge in [0.1, 0.15) is 17.8 Å². The number of benzene rings is 1. The van der Waals surface area contributed by atoms with Crippen LogP contribution in [0.25, 0.3) is 11.3 Å². The van der Waals surface area contributed by atoms with Gasteiger partial charge in [-0.25, -0.2) is 19.3 Å². The van der Waals surface area contributed by atoms with E-state index in [4.69, 9.17) is 0 Å². The SMILES string of the molecule is Fc1cc(Nc2nccn3c(C4CCN(c5ncc(C(F)(F)F)cn5)CC4)nnc23)ccc1-n1cnnn1. The van der Waals surface area contributed by atoms with Crippen molar-refractivity contribution < 1.29 is 17.6 Å². The van der Waals surface area contributed by atoms with Crippen molar-refractivity contribution in [3.05, 3.63) is 66.5 Å². The first-order valence-corrected chi connectivity index (χ1v) is 11.5. The number of halogens is 4. The number of tetrazole rings is 1. The molecule has 6 rings (SSSR count). The summed E-state index contributed by atoms with van der Waals surface area (Å²) in [7, 11) is 0. The third-order valence-electron chi connectivity index (χ3n) is 6.27. The number of aromatic nitrogens is 10. The summed E-state index contributed by atoms with van der Waals surface area (Å²) in [5.74, 6) is 0.922. The third-order valence-corrected chi connectivity index (χ3v) is 6.27. The monoisotopic (exact) mass is 526 g/mol. The molecule has 0 bridgehead atoms. The molecule has 5 heterocycles. The van der Waals surface area contributed by atoms with Crippen LogP contribution in [0.2, 0.25) is 0 Å². The predicted molar refractivity (Wildman–Crippen MR) is 124 cm³/mol. The molecule has 0 aliphatic carbocycles. The fourth-order valence-corrected chi connectivity index (χ4v) is 4.36. The number of nitrogens with one attached hydrogen (secondary N) is 1. The molecule has 1 saturated heterocycles. The Morgan fingerprint density at radius 3 is 2.47 bits per heavy atom. The van der Waals surface area contributed by atoms with Crippen molar-refractivity contribution in [1.82, 2.24) is 49.8 Å². The molecule has 1 aliphatic rings. The summed E-state index contributed by atoms with van der Waals surface area (Å²) in [5, 5.41) is 22.5. The van der Waals surface area contributed by atoms with E-state index in [-0.39, 0.29) is 17.6 Å². The lowest BCUT2D eigenvalue weighted by atomic mass is 9.96. The quantitative estimate of drug-likeness (QED) is 0.341. The first-order chi connectivity index (χ1) is 18.4. The van der Waals surface area contributed by atoms with E-state index in [0.717, 1.165) is 18.2 Å². The summed E-state index contributed by atoms with van der Waals surface area (Å²) in [4.78, 5) is 14.0. The minimum Gasteiger partial charge on any atom is -0.341 e. The maximum Gasteiger partial charge on any atom is 0.419 e. The van der Waals surface area contributed by atoms with Crippen LogP contribution in [0.15, 0.2) is 49.3 Å². The van der Waals surface area contributed by atoms with E-state index in [1.807, 2.05) is 9.30 Å². The minimum atomic E-state index is -4.48. The molecular weight excluding hydrogens is 508 g/mol. The van der Waals surface area contributed by atoms with Crippen LogP contribution in [0, 0.1) is 5.82 Å². The van der Waals surface area contributed by atoms with Gasteiger partial charge in [-0.05, 0) is 41.5 Å². The zero-order valence-corrected chi connectivity index (χ0v) is 19.5. The van der Waals surface area contributed by atoms with Gasteiger partial charge in [0.15, 0.2) is 11.6 Å². The Morgan fingerprint density at radius 1 is 1.00 bits per heavy atom. The van der Waals surface area contributed by atoms with Crippen molar-refractivity contribution in [3.63, 3.8) is 0 Å². The molecule has 1 N–H and O–H groups in total. The number of anilines is 3. The van der Waals surface area contributed by atoms with Crippen LogP contribution in [0.1, 0.15) is 30.1 Å². The molecule has 16 heteroatoms. The van der Waals surface area contributed by atoms with Gasteiger partial charge >= 0.3 is 6.18 Å². The van der Waals surface area contributed by atoms with E-state index in [0.29, 0.717) is 43.1 Å². The molecule has 0 atom stereocenters. The number of hydrogen-bond acceptors (Lipinski definition) is 10. The van der Waals surface area contributed by atoms with Crippen molar-refractivity contribution in [2.75, 3.05) is 23.3 Å². The second kappa shape index (κ2) is 9.28. The minimum absolute atomic E-state index is 0.0546. The topological polar surface area (TPSA) is 128 Å². The molecule has 1 fully saturated rings. The fourth-order valence-electron chi connectivity index (χ4n) is 4.36. The first kappa shape index (κ1) is 23.6. The van der Waals surface area contributed by atoms with E-state index < -0.39 is 17.6 Å². The molecule has 194 valence electrons. The second-order valence-electron chi connectivity index (χ2n) is 8.60. The van der Waals surface area contributed by atoms with Gasteiger partial charge < -0.3 is 10.2 Å². The summed E-state index contributed by atoms with van der Waals surface area (Å²) in [6.45, 7) is 1.10. The smallest absolute Gasteiger partial charge is 0.341 e. The molecule has 0 unspecified atom stereocenters. The Bertz CT molecular complexity index is 1560. The molecule has 12 nitrogen and oxygen atoms in total. The first-order valence-electron chi connectivity index (χ1n) is 11.5. The van der Waals surface area contributed by atoms with Crippen LogP contribution in [0.5, 0.6) is 0 Å². The van der Waals surface area contributed by atoms with Crippen LogP contribution in [0.4, 0.5) is 35.0 Å². The maximum absolute atomic E-state index is 14.6. The van der Waals surface area contributed by atoms with Crippen LogP contribution in [-0.2, 0) is 6.18 Å². The standard InChI is InChI=1S/C22H18F4N12/c23-16-9-15(1-2-17(16)38-12-30-34-35-38)31-18-20-33-32-19(37(20)8-5-27-18)13-3-6-36(7-4-13)21-28-10-14(11-29-21)22(24,25)26/h1-2,5,8-13H,3-4,6-7H2,(H,27,31). The Balaban J connectivity index is 1.17. The summed E-state index contributed by atoms with van der Waals surface area (Å²) in [5.41, 5.74) is 0.245. The van der Waals surface area contributed by atoms with Crippen molar-refractivity contribution in [1.29, 1.82) is 0 Å². The Labute approximate surface area is 211 Å². The molecule has 0 saturated carbocycles. The lowest BCUT2D eigenvalue weighted by Gasteiger charge is -2.31. The lowest BCUT2D eigenvalue weighted by molar-refractivity contribution is -0.138. The number of alkyl halides is 3. The molecule has 1 aromatic carbocycles. The van der Waals surface area contributed by atoms with E-state index in [2.05, 4.69) is 46.0 Å². The number of hydrogen-bond donors (Lipinski definition) is 1. The number of fused-ring (bicyclic) bond motifs is 1. The third kappa shape index (κ3) is 4.44. The zero-order valence-electron chi connectivity index (χ0n) is 19.5. The Morgan fingerprint density at radius 2 is 1.79 bits per heavy atom. The van der Waals surface area contributed by atoms with E-state index in [1.165, 1.54) is 23.1 Å². The molecule has 0 radical (unpaired) electrons. The summed E-state index contributed by atoms with van der Waals surface area (Å²) >= 11 is 0. The number of rotatable bonds is 5. The van der Waals surface area contributed by atoms with Crippen LogP contribution < -0.4 is 10.2 Å². The van der Waals surface area contributed by atoms with Gasteiger partial charge in [-0.2, -0.15) is 17.9 Å². The largest absolute Gasteiger partial charge is 0.419 e. The van der Waals surface area contributed by atoms with Gasteiger partial charge in [0.2, 0.25) is 11.6 Å². The summed E-state index contributed by atoms with van der Waals surface area (Å²) in [6, 6.07) is 4.51. The van der Waals surface area contributed by atoms with Gasteiger partial charge in [-0.3, -0.25) is 4.40 Å². The van der Waals surface area contributed by atoms with E-state index in [9.17, 15) is 17.6 Å². The zero-order chi connectivity index (χ0) is 26.3. The average molecular weight is 526 g/mol. The van der Waals surface area contributed by atoms with Gasteiger partial charge in [0, 0.05) is 49.5 Å². The molecular formula is C22H18F4N12. The fraction of sp³-hybridized carbons (Fsp3) is 0.273. The lowest BCUT2D eigenvalue weighted by Crippen LogP contribution is -2.34. The van der Waals surface area contributed by atoms with Gasteiger partial charge in [0.05, 0.1) is 5.56 Å². The second-order valence-corrected chi connectivity index (χ2v) is 8.60. The average Bonchev–Trinajstić information content (AvgIpc) is 3.60. The van der Waals surface area contributed by atoms with E-state index >= 15 is 0 Å². The Kier molecular flexibility index (Phi) is 5.77. The van der Waals surface area contributed by atoms with Gasteiger partial charge in [-0.1, -0.05) is 0 Å². The predicted octanol–water partition coefficient (Wildman–Crippen LogP) is 3.18. The van der Waals surface area contributed by atoms with Crippen molar-refractivity contribution in [2.45, 2.75) is 24.9 Å². The van der Waals surface area contributed by atoms with Crippen molar-refractivity contribution in [2.24, 2.45) is 0 Å². The van der Waals surface area contributed by atoms with Crippen molar-refractivity contribution in [3.8, 4) is 5.69 Å². The van der Waals surface area contributed by atoms with Crippen LogP contribution in [-0.4, -0.2) is 62.8 Å². The normalized spacial score (nSPS) is 14.8. The highest BCUT2D eigenvalue weighted by Gasteiger charge is 2.32. The number of nitrogens with zero attached hydrogens (tertiary/aromatic N) is 11. The van der Waals surface area contributed by atoms with Crippen molar-refractivity contribution >= 4 is 23.1 Å². The van der Waals surface area contributed by atoms with Crippen LogP contribution in [0.3, 0.4) is 0 Å². The highest BCUT2D eigenvalue weighted by molar-refractivity contribution is 5.70. The molecule has 0 amide bonds. The van der Waals surface area contributed by atoms with E-state index in [1.54, 1.807) is 18.5 Å². The summed E-state index contributed by atoms with van der Waals surface area (Å²) in [6.07, 6.45) is 3.13. The summed E-state index contributed by atoms with van der Waals surface area (Å²) < 4.78 is 56.1. The molecule has 4 aromatic heterocycles. The molecule has 5 aromatic rings. The highest BCUT2D eigenvalue weighted by Crippen LogP contribution is 2.32. The molecule has 38 heavy (non-hydrogen) atoms. The molecule has 1 aliphatic heterocycles. The highest BCUT2D eigenvalue weighted by atomic mass is 19.4. The van der Waals surface area contributed by atoms with Gasteiger partial charge in [-0.15, -0.1) is 15.3 Å². The van der Waals surface area contributed by atoms with Gasteiger partial charge in [0.25, 0.3) is 0 Å². The van der Waals surface area contributed by atoms with Crippen LogP contribution >= 0.6 is 0 Å². The molecule has 0 spiro atoms. The maximum atomic E-state index is 14.6. The number of piperidine rings is 1.